The summed E-state index contributed by atoms with van der Waals surface area (Å²) in [6.07, 6.45) is 0.417. The Morgan fingerprint density at radius 2 is 1.71 bits per heavy atom. The summed E-state index contributed by atoms with van der Waals surface area (Å²) < 4.78 is 18.4. The summed E-state index contributed by atoms with van der Waals surface area (Å²) in [7, 11) is 0. The molecule has 0 saturated carbocycles. The summed E-state index contributed by atoms with van der Waals surface area (Å²) in [6, 6.07) is 15.5. The molecule has 1 atom stereocenters. The van der Waals surface area contributed by atoms with Gasteiger partial charge >= 0.3 is 0 Å². The van der Waals surface area contributed by atoms with E-state index in [2.05, 4.69) is 0 Å². The van der Waals surface area contributed by atoms with Crippen molar-refractivity contribution in [3.63, 3.8) is 0 Å². The van der Waals surface area contributed by atoms with Gasteiger partial charge in [-0.15, -0.1) is 0 Å². The molecule has 0 fully saturated rings. The highest BCUT2D eigenvalue weighted by atomic mass is 19.1. The third kappa shape index (κ3) is 4.36. The zero-order chi connectivity index (χ0) is 15.1. The Morgan fingerprint density at radius 3 is 2.33 bits per heavy atom. The fourth-order valence-corrected chi connectivity index (χ4v) is 2.21. The van der Waals surface area contributed by atoms with Gasteiger partial charge in [-0.25, -0.2) is 4.39 Å². The molecule has 0 aliphatic heterocycles. The van der Waals surface area contributed by atoms with E-state index in [4.69, 9.17) is 10.5 Å². The van der Waals surface area contributed by atoms with Gasteiger partial charge in [0.15, 0.2) is 0 Å². The van der Waals surface area contributed by atoms with E-state index < -0.39 is 5.60 Å². The molecule has 4 heteroatoms. The van der Waals surface area contributed by atoms with E-state index in [0.717, 1.165) is 11.1 Å². The fraction of sp³-hybridized carbons (Fsp3) is 0.294. The molecule has 0 spiro atoms. The molecule has 0 aliphatic rings. The van der Waals surface area contributed by atoms with E-state index >= 15 is 0 Å². The second kappa shape index (κ2) is 7.31. The van der Waals surface area contributed by atoms with Crippen LogP contribution in [0.5, 0.6) is 0 Å². The van der Waals surface area contributed by atoms with Crippen molar-refractivity contribution in [3.8, 4) is 0 Å². The van der Waals surface area contributed by atoms with Crippen LogP contribution in [0.25, 0.3) is 0 Å². The third-order valence-corrected chi connectivity index (χ3v) is 3.39. The number of halogens is 1. The molecule has 0 aromatic heterocycles. The van der Waals surface area contributed by atoms with Crippen molar-refractivity contribution in [1.29, 1.82) is 0 Å². The Morgan fingerprint density at radius 1 is 1.05 bits per heavy atom. The van der Waals surface area contributed by atoms with Crippen molar-refractivity contribution in [2.45, 2.75) is 18.6 Å². The molecule has 3 nitrogen and oxygen atoms in total. The highest BCUT2D eigenvalue weighted by molar-refractivity contribution is 5.22. The maximum Gasteiger partial charge on any atom is 0.123 e. The van der Waals surface area contributed by atoms with Gasteiger partial charge in [0.1, 0.15) is 11.4 Å². The normalized spacial score (nSPS) is 13.9. The minimum Gasteiger partial charge on any atom is -0.383 e. The smallest absolute Gasteiger partial charge is 0.123 e. The van der Waals surface area contributed by atoms with Crippen molar-refractivity contribution in [2.75, 3.05) is 13.2 Å². The zero-order valence-corrected chi connectivity index (χ0v) is 11.8. The second-order valence-corrected chi connectivity index (χ2v) is 5.06. The summed E-state index contributed by atoms with van der Waals surface area (Å²) in [6.45, 7) is 0.830. The highest BCUT2D eigenvalue weighted by Gasteiger charge is 2.28. The molecule has 0 saturated heterocycles. The summed E-state index contributed by atoms with van der Waals surface area (Å²) in [4.78, 5) is 0. The summed E-state index contributed by atoms with van der Waals surface area (Å²) >= 11 is 0. The zero-order valence-electron chi connectivity index (χ0n) is 11.8. The molecule has 1 unspecified atom stereocenters. The first-order valence-electron chi connectivity index (χ1n) is 6.94. The quantitative estimate of drug-likeness (QED) is 0.823. The van der Waals surface area contributed by atoms with Crippen molar-refractivity contribution in [3.05, 3.63) is 71.5 Å². The predicted molar refractivity (Wildman–Crippen MR) is 80.1 cm³/mol. The molecule has 0 amide bonds. The van der Waals surface area contributed by atoms with E-state index in [-0.39, 0.29) is 12.4 Å². The van der Waals surface area contributed by atoms with Crippen LogP contribution >= 0.6 is 0 Å². The van der Waals surface area contributed by atoms with Crippen LogP contribution in [0.4, 0.5) is 4.39 Å². The van der Waals surface area contributed by atoms with Crippen LogP contribution in [0.1, 0.15) is 17.5 Å². The molecular weight excluding hydrogens is 269 g/mol. The Balaban J connectivity index is 1.98. The molecule has 112 valence electrons. The number of ether oxygens (including phenoxy) is 1. The van der Waals surface area contributed by atoms with Gasteiger partial charge in [0.25, 0.3) is 0 Å². The first-order chi connectivity index (χ1) is 10.1. The van der Waals surface area contributed by atoms with Gasteiger partial charge < -0.3 is 15.6 Å². The lowest BCUT2D eigenvalue weighted by atomic mass is 9.91. The molecule has 21 heavy (non-hydrogen) atoms. The topological polar surface area (TPSA) is 55.5 Å². The molecule has 2 aromatic rings. The monoisotopic (exact) mass is 289 g/mol. The Kier molecular flexibility index (Phi) is 5.44. The molecular formula is C17H20FNO2. The van der Waals surface area contributed by atoms with Gasteiger partial charge in [-0.1, -0.05) is 42.5 Å². The number of hydrogen-bond acceptors (Lipinski definition) is 3. The second-order valence-electron chi connectivity index (χ2n) is 5.06. The van der Waals surface area contributed by atoms with Gasteiger partial charge in [-0.2, -0.15) is 0 Å². The van der Waals surface area contributed by atoms with Gasteiger partial charge in [-0.05, 0) is 36.2 Å². The summed E-state index contributed by atoms with van der Waals surface area (Å²) in [5, 5.41) is 10.7. The minimum atomic E-state index is -1.10. The number of aliphatic hydroxyl groups is 1. The molecule has 0 bridgehead atoms. The van der Waals surface area contributed by atoms with E-state index in [1.54, 1.807) is 12.1 Å². The molecule has 0 aliphatic carbocycles. The average Bonchev–Trinajstić information content (AvgIpc) is 2.50. The molecule has 0 heterocycles. The van der Waals surface area contributed by atoms with Crippen molar-refractivity contribution in [2.24, 2.45) is 5.73 Å². The minimum absolute atomic E-state index is 0.144. The van der Waals surface area contributed by atoms with E-state index in [1.807, 2.05) is 30.3 Å². The average molecular weight is 289 g/mol. The lowest BCUT2D eigenvalue weighted by Gasteiger charge is -2.28. The molecule has 3 N–H and O–H groups in total. The van der Waals surface area contributed by atoms with Gasteiger partial charge in [0.2, 0.25) is 0 Å². The van der Waals surface area contributed by atoms with E-state index in [1.165, 1.54) is 12.1 Å². The highest BCUT2D eigenvalue weighted by Crippen LogP contribution is 2.25. The van der Waals surface area contributed by atoms with Crippen LogP contribution in [0, 0.1) is 5.82 Å². The largest absolute Gasteiger partial charge is 0.383 e. The molecule has 0 radical (unpaired) electrons. The van der Waals surface area contributed by atoms with Crippen LogP contribution in [0.2, 0.25) is 0 Å². The third-order valence-electron chi connectivity index (χ3n) is 3.39. The SMILES string of the molecule is NCCC(O)(COCc1ccc(F)cc1)c1ccccc1. The van der Waals surface area contributed by atoms with Crippen LogP contribution in [0.15, 0.2) is 54.6 Å². The van der Waals surface area contributed by atoms with Crippen molar-refractivity contribution >= 4 is 0 Å². The van der Waals surface area contributed by atoms with E-state index in [0.29, 0.717) is 19.6 Å². The maximum atomic E-state index is 12.8. The van der Waals surface area contributed by atoms with Crippen LogP contribution in [-0.2, 0) is 16.9 Å². The van der Waals surface area contributed by atoms with Crippen LogP contribution in [0.3, 0.4) is 0 Å². The predicted octanol–water partition coefficient (Wildman–Crippen LogP) is 2.58. The van der Waals surface area contributed by atoms with Crippen molar-refractivity contribution in [1.82, 2.24) is 0 Å². The number of nitrogens with two attached hydrogens (primary N) is 1. The van der Waals surface area contributed by atoms with Crippen molar-refractivity contribution < 1.29 is 14.2 Å². The van der Waals surface area contributed by atoms with Gasteiger partial charge in [0, 0.05) is 0 Å². The Hall–Kier alpha value is -1.75. The number of hydrogen-bond donors (Lipinski definition) is 2. The molecule has 2 aromatic carbocycles. The van der Waals surface area contributed by atoms with E-state index in [9.17, 15) is 9.50 Å². The Labute approximate surface area is 124 Å². The van der Waals surface area contributed by atoms with Gasteiger partial charge in [0.05, 0.1) is 13.2 Å². The molecule has 2 rings (SSSR count). The lowest BCUT2D eigenvalue weighted by molar-refractivity contribution is -0.0602. The van der Waals surface area contributed by atoms with Crippen LogP contribution in [-0.4, -0.2) is 18.3 Å². The summed E-state index contributed by atoms with van der Waals surface area (Å²) in [5.41, 5.74) is 6.14. The fourth-order valence-electron chi connectivity index (χ4n) is 2.21. The number of rotatable bonds is 7. The first kappa shape index (κ1) is 15.6. The first-order valence-corrected chi connectivity index (χ1v) is 6.94. The number of benzene rings is 2. The van der Waals surface area contributed by atoms with Crippen LogP contribution < -0.4 is 5.73 Å². The standard InChI is InChI=1S/C17H20FNO2/c18-16-8-6-14(7-9-16)12-21-13-17(20,10-11-19)15-4-2-1-3-5-15/h1-9,20H,10-13,19H2. The lowest BCUT2D eigenvalue weighted by Crippen LogP contribution is -2.34. The summed E-state index contributed by atoms with van der Waals surface area (Å²) in [5.74, 6) is -0.275. The maximum absolute atomic E-state index is 12.8. The Bertz CT molecular complexity index is 544. The van der Waals surface area contributed by atoms with Gasteiger partial charge in [-0.3, -0.25) is 0 Å².